The Morgan fingerprint density at radius 1 is 1.04 bits per heavy atom. The topological polar surface area (TPSA) is 79.9 Å². The summed E-state index contributed by atoms with van der Waals surface area (Å²) in [5.41, 5.74) is 0.656. The number of amides is 3. The van der Waals surface area contributed by atoms with Crippen molar-refractivity contribution in [3.63, 3.8) is 0 Å². The van der Waals surface area contributed by atoms with Gasteiger partial charge in [-0.3, -0.25) is 4.79 Å². The molecule has 1 saturated heterocycles. The predicted molar refractivity (Wildman–Crippen MR) is 99.6 cm³/mol. The minimum Gasteiger partial charge on any atom is -0.486 e. The van der Waals surface area contributed by atoms with Crippen LogP contribution < -0.4 is 20.1 Å². The summed E-state index contributed by atoms with van der Waals surface area (Å²) in [6, 6.07) is 3.62. The molecule has 2 N–H and O–H groups in total. The largest absolute Gasteiger partial charge is 0.486 e. The van der Waals surface area contributed by atoms with Gasteiger partial charge in [-0.05, 0) is 41.6 Å². The van der Waals surface area contributed by atoms with Crippen molar-refractivity contribution in [1.29, 1.82) is 0 Å². The molecule has 0 bridgehead atoms. The molecule has 3 amide bonds. The first-order valence-corrected chi connectivity index (χ1v) is 9.85. The molecule has 4 rings (SSSR count). The van der Waals surface area contributed by atoms with E-state index in [4.69, 9.17) is 9.47 Å². The summed E-state index contributed by atoms with van der Waals surface area (Å²) in [4.78, 5) is 26.2. The van der Waals surface area contributed by atoms with E-state index in [0.717, 1.165) is 30.2 Å². The summed E-state index contributed by atoms with van der Waals surface area (Å²) in [7, 11) is 0. The summed E-state index contributed by atoms with van der Waals surface area (Å²) in [5.74, 6) is 1.71. The lowest BCUT2D eigenvalue weighted by atomic mass is 10.1. The van der Waals surface area contributed by atoms with Crippen LogP contribution in [-0.2, 0) is 4.79 Å². The van der Waals surface area contributed by atoms with E-state index in [0.29, 0.717) is 43.5 Å². The van der Waals surface area contributed by atoms with Gasteiger partial charge in [0.1, 0.15) is 13.2 Å². The zero-order valence-corrected chi connectivity index (χ0v) is 16.0. The van der Waals surface area contributed by atoms with Crippen LogP contribution in [0, 0.1) is 5.92 Å². The molecule has 0 radical (unpaired) electrons. The van der Waals surface area contributed by atoms with Gasteiger partial charge in [-0.2, -0.15) is 0 Å². The molecule has 7 nitrogen and oxygen atoms in total. The highest BCUT2D eigenvalue weighted by molar-refractivity contribution is 9.10. The predicted octanol–water partition coefficient (Wildman–Crippen LogP) is 2.74. The lowest BCUT2D eigenvalue weighted by Crippen LogP contribution is -2.48. The second-order valence-electron chi connectivity index (χ2n) is 6.95. The number of anilines is 1. The van der Waals surface area contributed by atoms with E-state index in [1.54, 1.807) is 11.0 Å². The van der Waals surface area contributed by atoms with Crippen LogP contribution in [0.1, 0.15) is 25.7 Å². The highest BCUT2D eigenvalue weighted by Gasteiger charge is 2.32. The van der Waals surface area contributed by atoms with Crippen LogP contribution in [0.25, 0.3) is 0 Å². The van der Waals surface area contributed by atoms with E-state index < -0.39 is 0 Å². The Morgan fingerprint density at radius 2 is 1.69 bits per heavy atom. The van der Waals surface area contributed by atoms with Gasteiger partial charge < -0.3 is 25.0 Å². The van der Waals surface area contributed by atoms with Gasteiger partial charge in [-0.15, -0.1) is 0 Å². The molecule has 1 aromatic carbocycles. The molecular formula is C18H22BrN3O4. The van der Waals surface area contributed by atoms with Crippen LogP contribution in [-0.4, -0.2) is 49.2 Å². The summed E-state index contributed by atoms with van der Waals surface area (Å²) in [6.07, 6.45) is 3.59. The van der Waals surface area contributed by atoms with Gasteiger partial charge in [0.25, 0.3) is 0 Å². The minimum atomic E-state index is -0.144. The molecule has 2 heterocycles. The number of benzene rings is 1. The first kappa shape index (κ1) is 17.5. The van der Waals surface area contributed by atoms with Crippen LogP contribution in [0.15, 0.2) is 16.6 Å². The molecule has 2 fully saturated rings. The van der Waals surface area contributed by atoms with E-state index in [-0.39, 0.29) is 23.9 Å². The number of halogens is 1. The molecule has 1 aliphatic carbocycles. The van der Waals surface area contributed by atoms with Gasteiger partial charge >= 0.3 is 6.03 Å². The smallest absolute Gasteiger partial charge is 0.321 e. The molecule has 0 unspecified atom stereocenters. The average molecular weight is 424 g/mol. The normalized spacial score (nSPS) is 19.8. The molecule has 26 heavy (non-hydrogen) atoms. The maximum Gasteiger partial charge on any atom is 0.321 e. The second-order valence-corrected chi connectivity index (χ2v) is 7.80. The van der Waals surface area contributed by atoms with Gasteiger partial charge in [-0.25, -0.2) is 4.79 Å². The Kier molecular flexibility index (Phi) is 4.93. The van der Waals surface area contributed by atoms with Crippen LogP contribution in [0.4, 0.5) is 10.5 Å². The van der Waals surface area contributed by atoms with Crippen molar-refractivity contribution in [3.05, 3.63) is 16.6 Å². The zero-order valence-electron chi connectivity index (χ0n) is 14.4. The van der Waals surface area contributed by atoms with E-state index in [1.807, 2.05) is 6.07 Å². The highest BCUT2D eigenvalue weighted by atomic mass is 79.9. The van der Waals surface area contributed by atoms with E-state index >= 15 is 0 Å². The van der Waals surface area contributed by atoms with Gasteiger partial charge in [0.15, 0.2) is 11.5 Å². The number of likely N-dealkylation sites (tertiary alicyclic amines) is 1. The molecule has 0 spiro atoms. The fourth-order valence-electron chi connectivity index (χ4n) is 3.25. The number of carbonyl (C=O) groups is 2. The summed E-state index contributed by atoms with van der Waals surface area (Å²) < 4.78 is 11.9. The minimum absolute atomic E-state index is 0.144. The highest BCUT2D eigenvalue weighted by Crippen LogP contribution is 2.38. The van der Waals surface area contributed by atoms with Crippen molar-refractivity contribution in [2.75, 3.05) is 31.6 Å². The number of hydrogen-bond acceptors (Lipinski definition) is 4. The lowest BCUT2D eigenvalue weighted by Gasteiger charge is -2.32. The number of hydrogen-bond donors (Lipinski definition) is 2. The number of carbonyl (C=O) groups excluding carboxylic acids is 2. The van der Waals surface area contributed by atoms with Gasteiger partial charge in [0.05, 0.1) is 5.69 Å². The Balaban J connectivity index is 1.32. The first-order valence-electron chi connectivity index (χ1n) is 9.05. The third kappa shape index (κ3) is 3.90. The molecule has 0 aromatic heterocycles. The van der Waals surface area contributed by atoms with E-state index in [2.05, 4.69) is 26.6 Å². The van der Waals surface area contributed by atoms with Gasteiger partial charge in [0, 0.05) is 41.7 Å². The molecular weight excluding hydrogens is 402 g/mol. The Morgan fingerprint density at radius 3 is 2.35 bits per heavy atom. The fourth-order valence-corrected chi connectivity index (χ4v) is 3.67. The van der Waals surface area contributed by atoms with Crippen LogP contribution >= 0.6 is 15.9 Å². The van der Waals surface area contributed by atoms with Gasteiger partial charge in [-0.1, -0.05) is 0 Å². The molecule has 1 aromatic rings. The standard InChI is InChI=1S/C18H22BrN3O4/c19-13-9-15-16(26-8-7-25-15)10-14(13)21-18(24)22-5-3-12(4-6-22)20-17(23)11-1-2-11/h9-12H,1-8H2,(H,20,23)(H,21,24). The maximum absolute atomic E-state index is 12.6. The number of nitrogens with zero attached hydrogens (tertiary/aromatic N) is 1. The average Bonchev–Trinajstić information content (AvgIpc) is 3.48. The number of urea groups is 1. The fraction of sp³-hybridized carbons (Fsp3) is 0.556. The number of rotatable bonds is 3. The zero-order chi connectivity index (χ0) is 18.1. The lowest BCUT2D eigenvalue weighted by molar-refractivity contribution is -0.123. The third-order valence-electron chi connectivity index (χ3n) is 4.95. The van der Waals surface area contributed by atoms with Crippen molar-refractivity contribution < 1.29 is 19.1 Å². The first-order chi connectivity index (χ1) is 12.6. The molecule has 140 valence electrons. The maximum atomic E-state index is 12.6. The van der Waals surface area contributed by atoms with Gasteiger partial charge in [0.2, 0.25) is 5.91 Å². The van der Waals surface area contributed by atoms with E-state index in [1.165, 1.54) is 0 Å². The van der Waals surface area contributed by atoms with Crippen LogP contribution in [0.2, 0.25) is 0 Å². The number of ether oxygens (including phenoxy) is 2. The second kappa shape index (κ2) is 7.34. The Hall–Kier alpha value is -1.96. The molecule has 3 aliphatic rings. The number of nitrogens with one attached hydrogen (secondary N) is 2. The SMILES string of the molecule is O=C(NC1CCN(C(=O)Nc2cc3c(cc2Br)OCCO3)CC1)C1CC1. The van der Waals surface area contributed by atoms with Crippen molar-refractivity contribution >= 4 is 33.6 Å². The van der Waals surface area contributed by atoms with Crippen molar-refractivity contribution in [2.24, 2.45) is 5.92 Å². The summed E-state index contributed by atoms with van der Waals surface area (Å²) >= 11 is 3.47. The molecule has 0 atom stereocenters. The van der Waals surface area contributed by atoms with Crippen LogP contribution in [0.3, 0.4) is 0 Å². The molecule has 8 heteroatoms. The molecule has 1 saturated carbocycles. The summed E-state index contributed by atoms with van der Waals surface area (Å²) in [5, 5.41) is 6.03. The van der Waals surface area contributed by atoms with Crippen LogP contribution in [0.5, 0.6) is 11.5 Å². The summed E-state index contributed by atoms with van der Waals surface area (Å²) in [6.45, 7) is 2.28. The number of piperidine rings is 1. The Bertz CT molecular complexity index is 715. The molecule has 2 aliphatic heterocycles. The van der Waals surface area contributed by atoms with Crippen molar-refractivity contribution in [2.45, 2.75) is 31.7 Å². The monoisotopic (exact) mass is 423 g/mol. The number of fused-ring (bicyclic) bond motifs is 1. The van der Waals surface area contributed by atoms with E-state index in [9.17, 15) is 9.59 Å². The van der Waals surface area contributed by atoms with Crippen molar-refractivity contribution in [3.8, 4) is 11.5 Å². The quantitative estimate of drug-likeness (QED) is 0.782. The Labute approximate surface area is 160 Å². The third-order valence-corrected chi connectivity index (χ3v) is 5.61. The van der Waals surface area contributed by atoms with Crippen molar-refractivity contribution in [1.82, 2.24) is 10.2 Å².